The SMILES string of the molecule is Cc1ccc(CCO[C@@H]2CCCC[C@H]2N2CC[C@@H](O)C2)cc1C. The van der Waals surface area contributed by atoms with Gasteiger partial charge in [0.25, 0.3) is 0 Å². The molecule has 1 saturated heterocycles. The normalized spacial score (nSPS) is 29.1. The Kier molecular flexibility index (Phi) is 5.73. The average Bonchev–Trinajstić information content (AvgIpc) is 2.98. The van der Waals surface area contributed by atoms with Gasteiger partial charge < -0.3 is 9.84 Å². The van der Waals surface area contributed by atoms with Crippen LogP contribution in [0.25, 0.3) is 0 Å². The zero-order valence-electron chi connectivity index (χ0n) is 14.6. The van der Waals surface area contributed by atoms with Gasteiger partial charge in [-0.05, 0) is 56.2 Å². The van der Waals surface area contributed by atoms with Crippen molar-refractivity contribution in [1.82, 2.24) is 4.90 Å². The highest BCUT2D eigenvalue weighted by atomic mass is 16.5. The number of hydrogen-bond acceptors (Lipinski definition) is 3. The first kappa shape index (κ1) is 16.9. The summed E-state index contributed by atoms with van der Waals surface area (Å²) in [6, 6.07) is 7.23. The molecule has 0 spiro atoms. The monoisotopic (exact) mass is 317 g/mol. The van der Waals surface area contributed by atoms with E-state index in [-0.39, 0.29) is 6.10 Å². The minimum atomic E-state index is -0.131. The van der Waals surface area contributed by atoms with Crippen molar-refractivity contribution < 1.29 is 9.84 Å². The first-order chi connectivity index (χ1) is 11.1. The van der Waals surface area contributed by atoms with Gasteiger partial charge >= 0.3 is 0 Å². The molecule has 0 radical (unpaired) electrons. The zero-order valence-corrected chi connectivity index (χ0v) is 14.6. The third kappa shape index (κ3) is 4.34. The maximum Gasteiger partial charge on any atom is 0.0730 e. The molecule has 1 N–H and O–H groups in total. The molecule has 1 saturated carbocycles. The van der Waals surface area contributed by atoms with Gasteiger partial charge in [-0.15, -0.1) is 0 Å². The quantitative estimate of drug-likeness (QED) is 0.905. The van der Waals surface area contributed by atoms with Crippen LogP contribution < -0.4 is 0 Å². The number of aliphatic hydroxyl groups is 1. The highest BCUT2D eigenvalue weighted by Gasteiger charge is 2.34. The third-order valence-electron chi connectivity index (χ3n) is 5.63. The van der Waals surface area contributed by atoms with Gasteiger partial charge in [0.1, 0.15) is 0 Å². The molecule has 0 unspecified atom stereocenters. The molecular weight excluding hydrogens is 286 g/mol. The smallest absolute Gasteiger partial charge is 0.0730 e. The van der Waals surface area contributed by atoms with Crippen LogP contribution >= 0.6 is 0 Å². The van der Waals surface area contributed by atoms with E-state index in [9.17, 15) is 5.11 Å². The molecule has 0 bridgehead atoms. The molecular formula is C20H31NO2. The number of hydrogen-bond donors (Lipinski definition) is 1. The van der Waals surface area contributed by atoms with Crippen LogP contribution in [0.2, 0.25) is 0 Å². The fraction of sp³-hybridized carbons (Fsp3) is 0.700. The van der Waals surface area contributed by atoms with E-state index in [2.05, 4.69) is 36.9 Å². The van der Waals surface area contributed by atoms with Gasteiger partial charge in [-0.3, -0.25) is 4.90 Å². The molecule has 0 aromatic heterocycles. The number of rotatable bonds is 5. The lowest BCUT2D eigenvalue weighted by Crippen LogP contribution is -2.46. The lowest BCUT2D eigenvalue weighted by atomic mass is 9.91. The molecule has 0 amide bonds. The highest BCUT2D eigenvalue weighted by molar-refractivity contribution is 5.29. The van der Waals surface area contributed by atoms with E-state index in [1.54, 1.807) is 0 Å². The van der Waals surface area contributed by atoms with Gasteiger partial charge in [0.05, 0.1) is 18.8 Å². The topological polar surface area (TPSA) is 32.7 Å². The third-order valence-corrected chi connectivity index (χ3v) is 5.63. The zero-order chi connectivity index (χ0) is 16.2. The molecule has 128 valence electrons. The molecule has 3 nitrogen and oxygen atoms in total. The van der Waals surface area contributed by atoms with Gasteiger partial charge in [0.15, 0.2) is 0 Å². The number of aryl methyl sites for hydroxylation is 2. The maximum atomic E-state index is 9.81. The molecule has 3 atom stereocenters. The van der Waals surface area contributed by atoms with Crippen molar-refractivity contribution in [3.8, 4) is 0 Å². The van der Waals surface area contributed by atoms with Crippen molar-refractivity contribution in [2.24, 2.45) is 0 Å². The summed E-state index contributed by atoms with van der Waals surface area (Å²) in [5.74, 6) is 0. The van der Waals surface area contributed by atoms with Gasteiger partial charge in [-0.25, -0.2) is 0 Å². The fourth-order valence-electron chi connectivity index (χ4n) is 4.05. The number of β-amino-alcohol motifs (C(OH)–C–C–N with tert-alkyl or cyclic N) is 1. The lowest BCUT2D eigenvalue weighted by molar-refractivity contribution is -0.0316. The highest BCUT2D eigenvalue weighted by Crippen LogP contribution is 2.28. The Morgan fingerprint density at radius 3 is 2.70 bits per heavy atom. The molecule has 3 heteroatoms. The van der Waals surface area contributed by atoms with Crippen LogP contribution in [0.15, 0.2) is 18.2 Å². The van der Waals surface area contributed by atoms with E-state index in [4.69, 9.17) is 4.74 Å². The Hall–Kier alpha value is -0.900. The van der Waals surface area contributed by atoms with Crippen LogP contribution in [0.1, 0.15) is 48.8 Å². The Balaban J connectivity index is 1.52. The summed E-state index contributed by atoms with van der Waals surface area (Å²) < 4.78 is 6.29. The van der Waals surface area contributed by atoms with Gasteiger partial charge in [0.2, 0.25) is 0 Å². The van der Waals surface area contributed by atoms with Crippen molar-refractivity contribution >= 4 is 0 Å². The molecule has 1 aliphatic carbocycles. The summed E-state index contributed by atoms with van der Waals surface area (Å²) in [5, 5.41) is 9.81. The Bertz CT molecular complexity index is 516. The first-order valence-electron chi connectivity index (χ1n) is 9.23. The van der Waals surface area contributed by atoms with Crippen molar-refractivity contribution in [2.75, 3.05) is 19.7 Å². The van der Waals surface area contributed by atoms with Crippen molar-refractivity contribution in [3.63, 3.8) is 0 Å². The number of nitrogens with zero attached hydrogens (tertiary/aromatic N) is 1. The maximum absolute atomic E-state index is 9.81. The molecule has 2 fully saturated rings. The standard InChI is InChI=1S/C20H31NO2/c1-15-7-8-17(13-16(15)2)10-12-23-20-6-4-3-5-19(20)21-11-9-18(22)14-21/h7-8,13,18-20,22H,3-6,9-12,14H2,1-2H3/t18-,19-,20-/m1/s1. The van der Waals surface area contributed by atoms with E-state index in [1.165, 1.54) is 42.4 Å². The van der Waals surface area contributed by atoms with Crippen molar-refractivity contribution in [2.45, 2.75) is 70.6 Å². The minimum Gasteiger partial charge on any atom is -0.392 e. The number of ether oxygens (including phenoxy) is 1. The summed E-state index contributed by atoms with van der Waals surface area (Å²) in [7, 11) is 0. The average molecular weight is 317 g/mol. The Morgan fingerprint density at radius 2 is 1.96 bits per heavy atom. The summed E-state index contributed by atoms with van der Waals surface area (Å²) in [5.41, 5.74) is 4.09. The van der Waals surface area contributed by atoms with E-state index in [0.29, 0.717) is 12.1 Å². The second kappa shape index (κ2) is 7.78. The second-order valence-electron chi connectivity index (χ2n) is 7.37. The van der Waals surface area contributed by atoms with E-state index >= 15 is 0 Å². The van der Waals surface area contributed by atoms with Crippen LogP contribution in [-0.2, 0) is 11.2 Å². The van der Waals surface area contributed by atoms with E-state index in [0.717, 1.165) is 32.5 Å². The summed E-state index contributed by atoms with van der Waals surface area (Å²) >= 11 is 0. The summed E-state index contributed by atoms with van der Waals surface area (Å²) in [6.45, 7) is 7.01. The van der Waals surface area contributed by atoms with Crippen LogP contribution in [0.5, 0.6) is 0 Å². The number of aliphatic hydroxyl groups excluding tert-OH is 1. The predicted octanol–water partition coefficient (Wildman–Crippen LogP) is 3.24. The Labute approximate surface area is 140 Å². The fourth-order valence-corrected chi connectivity index (χ4v) is 4.05. The molecule has 1 aliphatic heterocycles. The largest absolute Gasteiger partial charge is 0.392 e. The van der Waals surface area contributed by atoms with E-state index in [1.807, 2.05) is 0 Å². The van der Waals surface area contributed by atoms with Crippen molar-refractivity contribution in [1.29, 1.82) is 0 Å². The van der Waals surface area contributed by atoms with Gasteiger partial charge in [-0.2, -0.15) is 0 Å². The molecule has 1 aromatic carbocycles. The molecule has 1 aromatic rings. The molecule has 3 rings (SSSR count). The number of benzene rings is 1. The molecule has 23 heavy (non-hydrogen) atoms. The predicted molar refractivity (Wildman–Crippen MR) is 93.8 cm³/mol. The first-order valence-corrected chi connectivity index (χ1v) is 9.23. The second-order valence-corrected chi connectivity index (χ2v) is 7.37. The van der Waals surface area contributed by atoms with Crippen molar-refractivity contribution in [3.05, 3.63) is 34.9 Å². The summed E-state index contributed by atoms with van der Waals surface area (Å²) in [6.07, 6.45) is 7.10. The molecule has 1 heterocycles. The lowest BCUT2D eigenvalue weighted by Gasteiger charge is -2.37. The van der Waals surface area contributed by atoms with Crippen LogP contribution in [0.4, 0.5) is 0 Å². The van der Waals surface area contributed by atoms with Crippen LogP contribution in [-0.4, -0.2) is 48.0 Å². The summed E-state index contributed by atoms with van der Waals surface area (Å²) in [4.78, 5) is 2.46. The van der Waals surface area contributed by atoms with Crippen LogP contribution in [0.3, 0.4) is 0 Å². The van der Waals surface area contributed by atoms with Gasteiger partial charge in [0, 0.05) is 19.1 Å². The minimum absolute atomic E-state index is 0.131. The number of likely N-dealkylation sites (tertiary alicyclic amines) is 1. The van der Waals surface area contributed by atoms with E-state index < -0.39 is 0 Å². The van der Waals surface area contributed by atoms with Gasteiger partial charge in [-0.1, -0.05) is 31.0 Å². The van der Waals surface area contributed by atoms with Crippen LogP contribution in [0, 0.1) is 13.8 Å². The Morgan fingerprint density at radius 1 is 1.13 bits per heavy atom. The molecule has 2 aliphatic rings.